The number of nitrogens with one attached hydrogen (secondary N) is 1. The van der Waals surface area contributed by atoms with E-state index >= 15 is 0 Å². The van der Waals surface area contributed by atoms with Gasteiger partial charge in [0.1, 0.15) is 0 Å². The van der Waals surface area contributed by atoms with Crippen molar-refractivity contribution in [2.24, 2.45) is 7.05 Å². The molecule has 0 aromatic carbocycles. The Kier molecular flexibility index (Phi) is 4.06. The van der Waals surface area contributed by atoms with Crippen LogP contribution in [0.15, 0.2) is 0 Å². The number of aryl methyl sites for hydroxylation is 1. The molecule has 1 N–H and O–H groups in total. The minimum absolute atomic E-state index is 0.115. The Morgan fingerprint density at radius 3 is 2.65 bits per heavy atom. The van der Waals surface area contributed by atoms with Crippen LogP contribution in [0.5, 0.6) is 0 Å². The quantitative estimate of drug-likeness (QED) is 0.614. The van der Waals surface area contributed by atoms with Crippen molar-refractivity contribution in [2.75, 3.05) is 26.0 Å². The van der Waals surface area contributed by atoms with Crippen LogP contribution in [0.4, 0.5) is 11.6 Å². The van der Waals surface area contributed by atoms with Crippen molar-refractivity contribution in [1.29, 1.82) is 0 Å². The number of anilines is 1. The molecular formula is C10H19N5O2. The van der Waals surface area contributed by atoms with Crippen molar-refractivity contribution in [3.63, 3.8) is 0 Å². The molecule has 7 nitrogen and oxygen atoms in total. The lowest BCUT2D eigenvalue weighted by atomic mass is 10.3. The molecule has 0 aliphatic rings. The molecule has 1 aromatic rings. The maximum Gasteiger partial charge on any atom is 0.406 e. The number of aromatic nitrogens is 2. The van der Waals surface area contributed by atoms with Gasteiger partial charge in [0, 0.05) is 26.6 Å². The standard InChI is InChI=1S/C10H19N5O2/c1-7(13(3)4)6-11-9-10(15(16)17)12-8(2)14(9)5/h7,11H,6H2,1-5H3. The first kappa shape index (κ1) is 13.4. The van der Waals surface area contributed by atoms with E-state index in [1.165, 1.54) is 0 Å². The highest BCUT2D eigenvalue weighted by Gasteiger charge is 2.23. The number of likely N-dealkylation sites (N-methyl/N-ethyl adjacent to an activating group) is 1. The van der Waals surface area contributed by atoms with Gasteiger partial charge in [0.2, 0.25) is 11.6 Å². The summed E-state index contributed by atoms with van der Waals surface area (Å²) in [5.41, 5.74) is 0. The molecule has 1 heterocycles. The molecule has 0 amide bonds. The highest BCUT2D eigenvalue weighted by atomic mass is 16.6. The van der Waals surface area contributed by atoms with Crippen LogP contribution in [-0.2, 0) is 7.05 Å². The molecule has 0 bridgehead atoms. The zero-order valence-corrected chi connectivity index (χ0v) is 10.9. The summed E-state index contributed by atoms with van der Waals surface area (Å²) in [4.78, 5) is 16.3. The topological polar surface area (TPSA) is 76.2 Å². The highest BCUT2D eigenvalue weighted by Crippen LogP contribution is 2.23. The van der Waals surface area contributed by atoms with Gasteiger partial charge in [0.25, 0.3) is 0 Å². The van der Waals surface area contributed by atoms with Gasteiger partial charge in [-0.3, -0.25) is 4.57 Å². The van der Waals surface area contributed by atoms with E-state index in [1.807, 2.05) is 25.9 Å². The number of hydrogen-bond acceptors (Lipinski definition) is 5. The second kappa shape index (κ2) is 5.13. The van der Waals surface area contributed by atoms with Gasteiger partial charge in [0.15, 0.2) is 0 Å². The average Bonchev–Trinajstić information content (AvgIpc) is 2.52. The minimum atomic E-state index is -0.463. The summed E-state index contributed by atoms with van der Waals surface area (Å²) in [5.74, 6) is 0.967. The third-order valence-electron chi connectivity index (χ3n) is 2.92. The SMILES string of the molecule is Cc1nc([N+](=O)[O-])c(NCC(C)N(C)C)n1C. The molecule has 1 rings (SSSR count). The van der Waals surface area contributed by atoms with Crippen LogP contribution >= 0.6 is 0 Å². The third-order valence-corrected chi connectivity index (χ3v) is 2.92. The van der Waals surface area contributed by atoms with Crippen LogP contribution in [0.2, 0.25) is 0 Å². The summed E-state index contributed by atoms with van der Waals surface area (Å²) in [6.07, 6.45) is 0. The van der Waals surface area contributed by atoms with Crippen LogP contribution in [-0.4, -0.2) is 46.1 Å². The second-order valence-electron chi connectivity index (χ2n) is 4.34. The maximum atomic E-state index is 10.8. The maximum absolute atomic E-state index is 10.8. The average molecular weight is 241 g/mol. The Morgan fingerprint density at radius 1 is 1.59 bits per heavy atom. The van der Waals surface area contributed by atoms with Crippen LogP contribution in [0.1, 0.15) is 12.7 Å². The molecule has 0 aliphatic carbocycles. The number of nitro groups is 1. The summed E-state index contributed by atoms with van der Waals surface area (Å²) in [6, 6.07) is 0.282. The van der Waals surface area contributed by atoms with Gasteiger partial charge < -0.3 is 20.3 Å². The Morgan fingerprint density at radius 2 is 2.18 bits per heavy atom. The van der Waals surface area contributed by atoms with E-state index < -0.39 is 4.92 Å². The summed E-state index contributed by atoms with van der Waals surface area (Å²) in [5, 5.41) is 13.9. The second-order valence-corrected chi connectivity index (χ2v) is 4.34. The van der Waals surface area contributed by atoms with Crippen molar-refractivity contribution in [2.45, 2.75) is 19.9 Å². The van der Waals surface area contributed by atoms with E-state index in [9.17, 15) is 10.1 Å². The van der Waals surface area contributed by atoms with Crippen molar-refractivity contribution in [3.8, 4) is 0 Å². The van der Waals surface area contributed by atoms with Gasteiger partial charge >= 0.3 is 5.82 Å². The van der Waals surface area contributed by atoms with Gasteiger partial charge in [-0.25, -0.2) is 0 Å². The fourth-order valence-corrected chi connectivity index (χ4v) is 1.34. The molecular weight excluding hydrogens is 222 g/mol. The Balaban J connectivity index is 2.86. The predicted octanol–water partition coefficient (Wildman–Crippen LogP) is 0.999. The minimum Gasteiger partial charge on any atom is -0.363 e. The highest BCUT2D eigenvalue weighted by molar-refractivity contribution is 5.53. The first-order chi connectivity index (χ1) is 7.84. The molecule has 0 saturated heterocycles. The zero-order valence-electron chi connectivity index (χ0n) is 10.9. The van der Waals surface area contributed by atoms with Gasteiger partial charge in [-0.05, 0) is 30.9 Å². The number of imidazole rings is 1. The number of rotatable bonds is 5. The van der Waals surface area contributed by atoms with Crippen LogP contribution in [0.3, 0.4) is 0 Å². The molecule has 0 radical (unpaired) electrons. The van der Waals surface area contributed by atoms with Gasteiger partial charge in [-0.1, -0.05) is 0 Å². The van der Waals surface area contributed by atoms with E-state index in [-0.39, 0.29) is 11.9 Å². The van der Waals surface area contributed by atoms with Crippen LogP contribution in [0.25, 0.3) is 0 Å². The van der Waals surface area contributed by atoms with Crippen LogP contribution in [0, 0.1) is 17.0 Å². The van der Waals surface area contributed by atoms with Gasteiger partial charge in [-0.2, -0.15) is 0 Å². The van der Waals surface area contributed by atoms with E-state index in [1.54, 1.807) is 18.5 Å². The van der Waals surface area contributed by atoms with Crippen molar-refractivity contribution >= 4 is 11.6 Å². The predicted molar refractivity (Wildman–Crippen MR) is 66.2 cm³/mol. The molecule has 17 heavy (non-hydrogen) atoms. The molecule has 0 aliphatic heterocycles. The van der Waals surface area contributed by atoms with Crippen molar-refractivity contribution in [1.82, 2.24) is 14.5 Å². The third kappa shape index (κ3) is 2.94. The molecule has 1 unspecified atom stereocenters. The summed E-state index contributed by atoms with van der Waals surface area (Å²) in [6.45, 7) is 4.42. The van der Waals surface area contributed by atoms with E-state index in [4.69, 9.17) is 0 Å². The molecule has 7 heteroatoms. The molecule has 0 fully saturated rings. The fourth-order valence-electron chi connectivity index (χ4n) is 1.34. The summed E-state index contributed by atoms with van der Waals surface area (Å²) >= 11 is 0. The normalized spacial score (nSPS) is 12.8. The lowest BCUT2D eigenvalue weighted by Crippen LogP contribution is -2.32. The summed E-state index contributed by atoms with van der Waals surface area (Å²) < 4.78 is 1.69. The van der Waals surface area contributed by atoms with Crippen molar-refractivity contribution in [3.05, 3.63) is 15.9 Å². The lowest BCUT2D eigenvalue weighted by molar-refractivity contribution is -0.388. The largest absolute Gasteiger partial charge is 0.406 e. The monoisotopic (exact) mass is 241 g/mol. The van der Waals surface area contributed by atoms with E-state index in [0.29, 0.717) is 18.2 Å². The Hall–Kier alpha value is -1.63. The molecule has 0 spiro atoms. The fraction of sp³-hybridized carbons (Fsp3) is 0.700. The van der Waals surface area contributed by atoms with E-state index in [2.05, 4.69) is 10.3 Å². The molecule has 1 atom stereocenters. The first-order valence-electron chi connectivity index (χ1n) is 5.42. The first-order valence-corrected chi connectivity index (χ1v) is 5.42. The zero-order chi connectivity index (χ0) is 13.2. The van der Waals surface area contributed by atoms with Crippen LogP contribution < -0.4 is 5.32 Å². The van der Waals surface area contributed by atoms with E-state index in [0.717, 1.165) is 0 Å². The molecule has 96 valence electrons. The van der Waals surface area contributed by atoms with Gasteiger partial charge in [-0.15, -0.1) is 0 Å². The van der Waals surface area contributed by atoms with Gasteiger partial charge in [0.05, 0.1) is 0 Å². The van der Waals surface area contributed by atoms with Crippen molar-refractivity contribution < 1.29 is 4.92 Å². The molecule has 0 saturated carbocycles. The Labute approximate surface area is 101 Å². The summed E-state index contributed by atoms with van der Waals surface area (Å²) in [7, 11) is 5.70. The smallest absolute Gasteiger partial charge is 0.363 e. The lowest BCUT2D eigenvalue weighted by Gasteiger charge is -2.20. The number of nitrogens with zero attached hydrogens (tertiary/aromatic N) is 4. The Bertz CT molecular complexity index is 413. The molecule has 1 aromatic heterocycles. The number of hydrogen-bond donors (Lipinski definition) is 1.